The first-order valence-corrected chi connectivity index (χ1v) is 9.58. The number of nitrogens with two attached hydrogens (primary N) is 2. The summed E-state index contributed by atoms with van der Waals surface area (Å²) in [6.07, 6.45) is 0.518. The summed E-state index contributed by atoms with van der Waals surface area (Å²) in [5.74, 6) is -5.08. The lowest BCUT2D eigenvalue weighted by Gasteiger charge is -2.22. The van der Waals surface area contributed by atoms with Crippen LogP contribution in [0.25, 0.3) is 0 Å². The van der Waals surface area contributed by atoms with Crippen molar-refractivity contribution in [2.24, 2.45) is 11.5 Å². The summed E-state index contributed by atoms with van der Waals surface area (Å²) in [4.78, 5) is 58.6. The third-order valence-corrected chi connectivity index (χ3v) is 4.25. The first-order chi connectivity index (χ1) is 13.5. The molecule has 0 bridgehead atoms. The molecular weight excluding hydrogens is 406 g/mol. The molecule has 29 heavy (non-hydrogen) atoms. The summed E-state index contributed by atoms with van der Waals surface area (Å²) in [7, 11) is 0. The lowest BCUT2D eigenvalue weighted by atomic mass is 10.1. The number of rotatable bonds is 14. The fraction of sp³-hybridized carbons (Fsp3) is 0.688. The molecule has 0 saturated carbocycles. The van der Waals surface area contributed by atoms with E-state index in [2.05, 4.69) is 28.6 Å². The van der Waals surface area contributed by atoms with Crippen molar-refractivity contribution in [2.45, 2.75) is 56.8 Å². The summed E-state index contributed by atoms with van der Waals surface area (Å²) in [6.45, 7) is 1.69. The molecule has 166 valence electrons. The van der Waals surface area contributed by atoms with Gasteiger partial charge in [-0.1, -0.05) is 0 Å². The molecule has 0 fully saturated rings. The predicted octanol–water partition coefficient (Wildman–Crippen LogP) is -2.59. The Morgan fingerprint density at radius 1 is 0.931 bits per heavy atom. The van der Waals surface area contributed by atoms with Crippen LogP contribution in [0, 0.1) is 0 Å². The largest absolute Gasteiger partial charge is 0.481 e. The van der Waals surface area contributed by atoms with Crippen LogP contribution < -0.4 is 27.4 Å². The Morgan fingerprint density at radius 3 is 2.00 bits per heavy atom. The van der Waals surface area contributed by atoms with Crippen LogP contribution in [0.1, 0.15) is 32.6 Å². The van der Waals surface area contributed by atoms with E-state index in [1.54, 1.807) is 0 Å². The molecule has 4 atom stereocenters. The molecule has 0 aromatic heterocycles. The average molecular weight is 436 g/mol. The minimum absolute atomic E-state index is 0.0210. The molecule has 0 saturated heterocycles. The first kappa shape index (κ1) is 26.6. The highest BCUT2D eigenvalue weighted by atomic mass is 32.1. The van der Waals surface area contributed by atoms with Crippen molar-refractivity contribution >= 4 is 42.3 Å². The van der Waals surface area contributed by atoms with Crippen molar-refractivity contribution in [1.82, 2.24) is 16.0 Å². The second-order valence-electron chi connectivity index (χ2n) is 6.36. The highest BCUT2D eigenvalue weighted by molar-refractivity contribution is 7.80. The van der Waals surface area contributed by atoms with Crippen molar-refractivity contribution in [3.05, 3.63) is 0 Å². The van der Waals surface area contributed by atoms with E-state index in [0.717, 1.165) is 0 Å². The van der Waals surface area contributed by atoms with Gasteiger partial charge in [0, 0.05) is 5.75 Å². The Hall–Kier alpha value is -2.38. The Kier molecular flexibility index (Phi) is 12.6. The minimum atomic E-state index is -1.47. The number of aliphatic carboxylic acids is 2. The lowest BCUT2D eigenvalue weighted by molar-refractivity contribution is -0.143. The summed E-state index contributed by atoms with van der Waals surface area (Å²) >= 11 is 3.85. The van der Waals surface area contributed by atoms with E-state index in [4.69, 9.17) is 16.6 Å². The third kappa shape index (κ3) is 10.7. The molecule has 9 N–H and O–H groups in total. The molecule has 0 rings (SSSR count). The van der Waals surface area contributed by atoms with Crippen LogP contribution in [-0.4, -0.2) is 76.3 Å². The van der Waals surface area contributed by atoms with Gasteiger partial charge in [0.1, 0.15) is 18.1 Å². The van der Waals surface area contributed by atoms with Gasteiger partial charge in [-0.2, -0.15) is 12.6 Å². The molecular formula is C16H29N5O7S. The fourth-order valence-electron chi connectivity index (χ4n) is 2.17. The van der Waals surface area contributed by atoms with E-state index in [-0.39, 0.29) is 12.2 Å². The Labute approximate surface area is 173 Å². The second kappa shape index (κ2) is 13.7. The monoisotopic (exact) mass is 435 g/mol. The summed E-state index contributed by atoms with van der Waals surface area (Å²) in [5, 5.41) is 24.9. The highest BCUT2D eigenvalue weighted by Gasteiger charge is 2.29. The second-order valence-corrected chi connectivity index (χ2v) is 6.73. The number of hydrogen-bond acceptors (Lipinski definition) is 8. The van der Waals surface area contributed by atoms with Crippen LogP contribution in [0.5, 0.6) is 0 Å². The zero-order chi connectivity index (χ0) is 22.6. The number of unbranched alkanes of at least 4 members (excludes halogenated alkanes) is 1. The molecule has 13 heteroatoms. The van der Waals surface area contributed by atoms with Crippen molar-refractivity contribution < 1.29 is 34.2 Å². The third-order valence-electron chi connectivity index (χ3n) is 3.86. The first-order valence-electron chi connectivity index (χ1n) is 8.95. The molecule has 3 amide bonds. The van der Waals surface area contributed by atoms with Crippen LogP contribution >= 0.6 is 12.6 Å². The summed E-state index contributed by atoms with van der Waals surface area (Å²) in [6, 6.07) is -4.85. The maximum atomic E-state index is 12.3. The van der Waals surface area contributed by atoms with Gasteiger partial charge in [0.25, 0.3) is 0 Å². The van der Waals surface area contributed by atoms with E-state index in [1.807, 2.05) is 0 Å². The number of nitrogens with one attached hydrogen (secondary N) is 3. The molecule has 0 aliphatic rings. The van der Waals surface area contributed by atoms with Gasteiger partial charge in [0.05, 0.1) is 12.5 Å². The number of carboxylic acid groups (broad SMARTS) is 2. The van der Waals surface area contributed by atoms with Gasteiger partial charge in [-0.3, -0.25) is 19.2 Å². The molecule has 12 nitrogen and oxygen atoms in total. The van der Waals surface area contributed by atoms with Crippen molar-refractivity contribution in [3.63, 3.8) is 0 Å². The summed E-state index contributed by atoms with van der Waals surface area (Å²) < 4.78 is 0. The molecule has 0 spiro atoms. The van der Waals surface area contributed by atoms with E-state index in [1.165, 1.54) is 6.92 Å². The average Bonchev–Trinajstić information content (AvgIpc) is 2.65. The molecule has 0 radical (unpaired) electrons. The lowest BCUT2D eigenvalue weighted by Crippen LogP contribution is -2.56. The summed E-state index contributed by atoms with van der Waals surface area (Å²) in [5.41, 5.74) is 10.8. The molecule has 0 aromatic carbocycles. The van der Waals surface area contributed by atoms with Crippen molar-refractivity contribution in [3.8, 4) is 0 Å². The van der Waals surface area contributed by atoms with Gasteiger partial charge in [0.2, 0.25) is 17.7 Å². The van der Waals surface area contributed by atoms with Crippen molar-refractivity contribution in [1.29, 1.82) is 0 Å². The zero-order valence-electron chi connectivity index (χ0n) is 16.1. The number of carbonyl (C=O) groups is 5. The van der Waals surface area contributed by atoms with Crippen LogP contribution in [0.3, 0.4) is 0 Å². The van der Waals surface area contributed by atoms with Crippen LogP contribution in [0.2, 0.25) is 0 Å². The van der Waals surface area contributed by atoms with Crippen molar-refractivity contribution in [2.75, 3.05) is 12.3 Å². The highest BCUT2D eigenvalue weighted by Crippen LogP contribution is 2.02. The fourth-order valence-corrected chi connectivity index (χ4v) is 2.34. The van der Waals surface area contributed by atoms with E-state index in [9.17, 15) is 29.1 Å². The molecule has 4 unspecified atom stereocenters. The topological polar surface area (TPSA) is 214 Å². The van der Waals surface area contributed by atoms with Gasteiger partial charge in [-0.15, -0.1) is 0 Å². The van der Waals surface area contributed by atoms with Crippen LogP contribution in [-0.2, 0) is 24.0 Å². The molecule has 0 aliphatic carbocycles. The van der Waals surface area contributed by atoms with E-state index >= 15 is 0 Å². The smallest absolute Gasteiger partial charge is 0.326 e. The van der Waals surface area contributed by atoms with Gasteiger partial charge in [-0.25, -0.2) is 4.79 Å². The molecule has 0 aliphatic heterocycles. The number of carboxylic acids is 2. The molecule has 0 aromatic rings. The maximum absolute atomic E-state index is 12.3. The number of hydrogen-bond donors (Lipinski definition) is 8. The number of amides is 3. The van der Waals surface area contributed by atoms with Gasteiger partial charge >= 0.3 is 11.9 Å². The molecule has 0 heterocycles. The Balaban J connectivity index is 4.95. The van der Waals surface area contributed by atoms with Gasteiger partial charge < -0.3 is 37.6 Å². The van der Waals surface area contributed by atoms with Gasteiger partial charge in [-0.05, 0) is 32.7 Å². The zero-order valence-corrected chi connectivity index (χ0v) is 17.0. The van der Waals surface area contributed by atoms with E-state index in [0.29, 0.717) is 19.4 Å². The van der Waals surface area contributed by atoms with Crippen LogP contribution in [0.15, 0.2) is 0 Å². The number of carbonyl (C=O) groups excluding carboxylic acids is 3. The quantitative estimate of drug-likeness (QED) is 0.106. The van der Waals surface area contributed by atoms with E-state index < -0.39 is 60.2 Å². The van der Waals surface area contributed by atoms with Crippen LogP contribution in [0.4, 0.5) is 0 Å². The Morgan fingerprint density at radius 2 is 1.52 bits per heavy atom. The standard InChI is InChI=1S/C16H29N5O7S/c1-8(13(24)20-10(16(27)28)4-2-3-5-17)19-15(26)11(6-12(22)23)21-14(25)9(18)7-29/h8-11,29H,2-7,17-18H2,1H3,(H,19,26)(H,20,24)(H,21,25)(H,22,23)(H,27,28). The SMILES string of the molecule is CC(NC(=O)C(CC(=O)O)NC(=O)C(N)CS)C(=O)NC(CCCCN)C(=O)O. The van der Waals surface area contributed by atoms with Gasteiger partial charge in [0.15, 0.2) is 0 Å². The minimum Gasteiger partial charge on any atom is -0.481 e. The maximum Gasteiger partial charge on any atom is 0.326 e. The Bertz CT molecular complexity index is 604. The number of thiol groups is 1. The normalized spacial score (nSPS) is 14.8. The predicted molar refractivity (Wildman–Crippen MR) is 106 cm³/mol.